The van der Waals surface area contributed by atoms with E-state index < -0.39 is 0 Å². The molecule has 0 aliphatic heterocycles. The molecule has 0 atom stereocenters. The Kier molecular flexibility index (Phi) is 6.76. The third-order valence-corrected chi connectivity index (χ3v) is 3.41. The van der Waals surface area contributed by atoms with E-state index in [-0.39, 0.29) is 24.3 Å². The SMILES string of the molecule is COc1ccc(C(=O)NCCNC(=O)NCc2ccc(F)cc2)cc1. The standard InChI is InChI=1S/C18H20FN3O3/c1-25-16-8-4-14(5-9-16)17(23)20-10-11-21-18(24)22-12-13-2-6-15(19)7-3-13/h2-9H,10-12H2,1H3,(H,20,23)(H2,21,22,24). The molecule has 0 aliphatic rings. The maximum atomic E-state index is 12.8. The number of rotatable bonds is 7. The summed E-state index contributed by atoms with van der Waals surface area (Å²) in [6, 6.07) is 12.3. The number of amides is 3. The molecule has 6 nitrogen and oxygen atoms in total. The predicted molar refractivity (Wildman–Crippen MR) is 92.0 cm³/mol. The third-order valence-electron chi connectivity index (χ3n) is 3.41. The van der Waals surface area contributed by atoms with Crippen LogP contribution in [0.25, 0.3) is 0 Å². The van der Waals surface area contributed by atoms with Crippen LogP contribution in [0.5, 0.6) is 5.75 Å². The van der Waals surface area contributed by atoms with Crippen molar-refractivity contribution < 1.29 is 18.7 Å². The predicted octanol–water partition coefficient (Wildman–Crippen LogP) is 2.06. The third kappa shape index (κ3) is 6.14. The number of methoxy groups -OCH3 is 1. The molecule has 132 valence electrons. The number of hydrogen-bond donors (Lipinski definition) is 3. The Morgan fingerprint density at radius 2 is 1.56 bits per heavy atom. The normalized spacial score (nSPS) is 10.0. The van der Waals surface area contributed by atoms with Gasteiger partial charge in [0.1, 0.15) is 11.6 Å². The van der Waals surface area contributed by atoms with Crippen LogP contribution in [-0.2, 0) is 6.54 Å². The highest BCUT2D eigenvalue weighted by Crippen LogP contribution is 2.10. The second-order valence-electron chi connectivity index (χ2n) is 5.22. The van der Waals surface area contributed by atoms with Crippen molar-refractivity contribution in [2.75, 3.05) is 20.2 Å². The zero-order valence-corrected chi connectivity index (χ0v) is 13.8. The zero-order valence-electron chi connectivity index (χ0n) is 13.8. The van der Waals surface area contributed by atoms with Crippen LogP contribution >= 0.6 is 0 Å². The molecule has 0 radical (unpaired) electrons. The van der Waals surface area contributed by atoms with Crippen molar-refractivity contribution in [1.82, 2.24) is 16.0 Å². The number of hydrogen-bond acceptors (Lipinski definition) is 3. The molecule has 0 fully saturated rings. The van der Waals surface area contributed by atoms with E-state index in [4.69, 9.17) is 4.74 Å². The number of benzene rings is 2. The molecular weight excluding hydrogens is 325 g/mol. The van der Waals surface area contributed by atoms with E-state index in [0.29, 0.717) is 24.4 Å². The van der Waals surface area contributed by atoms with Gasteiger partial charge >= 0.3 is 6.03 Å². The molecular formula is C18H20FN3O3. The minimum absolute atomic E-state index is 0.226. The number of carbonyl (C=O) groups is 2. The van der Waals surface area contributed by atoms with Gasteiger partial charge in [0.05, 0.1) is 7.11 Å². The van der Waals surface area contributed by atoms with Gasteiger partial charge in [-0.3, -0.25) is 4.79 Å². The van der Waals surface area contributed by atoms with Gasteiger partial charge in [-0.25, -0.2) is 9.18 Å². The highest BCUT2D eigenvalue weighted by molar-refractivity contribution is 5.94. The Morgan fingerprint density at radius 1 is 0.920 bits per heavy atom. The van der Waals surface area contributed by atoms with Gasteiger partial charge in [0, 0.05) is 25.2 Å². The van der Waals surface area contributed by atoms with Crippen LogP contribution in [0, 0.1) is 5.82 Å². The first kappa shape index (κ1) is 18.3. The summed E-state index contributed by atoms with van der Waals surface area (Å²) < 4.78 is 17.8. The first-order valence-electron chi connectivity index (χ1n) is 7.77. The summed E-state index contributed by atoms with van der Waals surface area (Å²) >= 11 is 0. The number of nitrogens with one attached hydrogen (secondary N) is 3. The van der Waals surface area contributed by atoms with Gasteiger partial charge in [-0.1, -0.05) is 12.1 Å². The summed E-state index contributed by atoms with van der Waals surface area (Å²) in [5.74, 6) is 0.132. The molecule has 0 saturated heterocycles. The van der Waals surface area contributed by atoms with Crippen molar-refractivity contribution in [3.05, 3.63) is 65.5 Å². The van der Waals surface area contributed by atoms with E-state index in [1.54, 1.807) is 43.5 Å². The second-order valence-corrected chi connectivity index (χ2v) is 5.22. The summed E-state index contributed by atoms with van der Waals surface area (Å²) in [6.45, 7) is 0.885. The maximum Gasteiger partial charge on any atom is 0.315 e. The first-order valence-corrected chi connectivity index (χ1v) is 7.77. The van der Waals surface area contributed by atoms with Crippen molar-refractivity contribution >= 4 is 11.9 Å². The van der Waals surface area contributed by atoms with Gasteiger partial charge in [0.15, 0.2) is 0 Å². The molecule has 2 rings (SSSR count). The Hall–Kier alpha value is -3.09. The van der Waals surface area contributed by atoms with Crippen LogP contribution in [0.15, 0.2) is 48.5 Å². The minimum atomic E-state index is -0.358. The van der Waals surface area contributed by atoms with Crippen LogP contribution in [0.2, 0.25) is 0 Å². The Labute approximate surface area is 145 Å². The van der Waals surface area contributed by atoms with Gasteiger partial charge in [-0.05, 0) is 42.0 Å². The Balaban J connectivity index is 1.63. The topological polar surface area (TPSA) is 79.5 Å². The lowest BCUT2D eigenvalue weighted by atomic mass is 10.2. The summed E-state index contributed by atoms with van der Waals surface area (Å²) in [5.41, 5.74) is 1.31. The fourth-order valence-corrected chi connectivity index (χ4v) is 2.04. The maximum absolute atomic E-state index is 12.8. The van der Waals surface area contributed by atoms with Crippen LogP contribution in [0.1, 0.15) is 15.9 Å². The summed E-state index contributed by atoms with van der Waals surface area (Å²) in [5, 5.41) is 7.99. The number of carbonyl (C=O) groups excluding carboxylic acids is 2. The molecule has 2 aromatic rings. The highest BCUT2D eigenvalue weighted by Gasteiger charge is 2.05. The van der Waals surface area contributed by atoms with E-state index >= 15 is 0 Å². The number of urea groups is 1. The van der Waals surface area contributed by atoms with Crippen molar-refractivity contribution in [2.24, 2.45) is 0 Å². The summed E-state index contributed by atoms with van der Waals surface area (Å²) in [7, 11) is 1.56. The average molecular weight is 345 g/mol. The monoisotopic (exact) mass is 345 g/mol. The second kappa shape index (κ2) is 9.27. The van der Waals surface area contributed by atoms with Crippen LogP contribution in [-0.4, -0.2) is 32.1 Å². The quantitative estimate of drug-likeness (QED) is 0.672. The van der Waals surface area contributed by atoms with Crippen LogP contribution in [0.4, 0.5) is 9.18 Å². The lowest BCUT2D eigenvalue weighted by Crippen LogP contribution is -2.40. The van der Waals surface area contributed by atoms with E-state index in [1.165, 1.54) is 12.1 Å². The first-order chi connectivity index (χ1) is 12.1. The summed E-state index contributed by atoms with van der Waals surface area (Å²) in [6.07, 6.45) is 0. The minimum Gasteiger partial charge on any atom is -0.497 e. The van der Waals surface area contributed by atoms with Gasteiger partial charge in [-0.15, -0.1) is 0 Å². The van der Waals surface area contributed by atoms with E-state index in [2.05, 4.69) is 16.0 Å². The van der Waals surface area contributed by atoms with Crippen molar-refractivity contribution in [3.63, 3.8) is 0 Å². The van der Waals surface area contributed by atoms with E-state index in [1.807, 2.05) is 0 Å². The van der Waals surface area contributed by atoms with Gasteiger partial charge in [0.25, 0.3) is 5.91 Å². The van der Waals surface area contributed by atoms with Crippen molar-refractivity contribution in [3.8, 4) is 5.75 Å². The molecule has 0 aliphatic carbocycles. The smallest absolute Gasteiger partial charge is 0.315 e. The molecule has 25 heavy (non-hydrogen) atoms. The lowest BCUT2D eigenvalue weighted by molar-refractivity contribution is 0.0954. The summed E-state index contributed by atoms with van der Waals surface area (Å²) in [4.78, 5) is 23.6. The highest BCUT2D eigenvalue weighted by atomic mass is 19.1. The molecule has 0 bridgehead atoms. The zero-order chi connectivity index (χ0) is 18.1. The molecule has 0 spiro atoms. The van der Waals surface area contributed by atoms with E-state index in [0.717, 1.165) is 5.56 Å². The molecule has 0 unspecified atom stereocenters. The molecule has 2 aromatic carbocycles. The fourth-order valence-electron chi connectivity index (χ4n) is 2.04. The fraction of sp³-hybridized carbons (Fsp3) is 0.222. The average Bonchev–Trinajstić information content (AvgIpc) is 2.64. The Bertz CT molecular complexity index is 703. The van der Waals surface area contributed by atoms with Crippen LogP contribution < -0.4 is 20.7 Å². The molecule has 0 saturated carbocycles. The van der Waals surface area contributed by atoms with Crippen LogP contribution in [0.3, 0.4) is 0 Å². The van der Waals surface area contributed by atoms with Gasteiger partial charge in [-0.2, -0.15) is 0 Å². The molecule has 0 aromatic heterocycles. The molecule has 3 amide bonds. The number of ether oxygens (including phenoxy) is 1. The molecule has 0 heterocycles. The Morgan fingerprint density at radius 3 is 2.20 bits per heavy atom. The van der Waals surface area contributed by atoms with Gasteiger partial charge in [0.2, 0.25) is 0 Å². The molecule has 7 heteroatoms. The van der Waals surface area contributed by atoms with Gasteiger partial charge < -0.3 is 20.7 Å². The molecule has 3 N–H and O–H groups in total. The van der Waals surface area contributed by atoms with Crippen molar-refractivity contribution in [2.45, 2.75) is 6.54 Å². The largest absolute Gasteiger partial charge is 0.497 e. The lowest BCUT2D eigenvalue weighted by Gasteiger charge is -2.09. The van der Waals surface area contributed by atoms with E-state index in [9.17, 15) is 14.0 Å². The number of halogens is 1. The van der Waals surface area contributed by atoms with Crippen molar-refractivity contribution in [1.29, 1.82) is 0 Å².